The van der Waals surface area contributed by atoms with Crippen LogP contribution in [0.2, 0.25) is 0 Å². The van der Waals surface area contributed by atoms with Crippen LogP contribution < -0.4 is 11.1 Å². The van der Waals surface area contributed by atoms with E-state index in [1.807, 2.05) is 0 Å². The zero-order chi connectivity index (χ0) is 11.3. The monoisotopic (exact) mass is 246 g/mol. The van der Waals surface area contributed by atoms with Gasteiger partial charge < -0.3 is 11.1 Å². The number of nitrogens with two attached hydrogens (primary N) is 1. The van der Waals surface area contributed by atoms with Crippen molar-refractivity contribution in [3.63, 3.8) is 0 Å². The molecule has 0 aliphatic heterocycles. The lowest BCUT2D eigenvalue weighted by Gasteiger charge is -2.40. The first kappa shape index (κ1) is 14.3. The van der Waals surface area contributed by atoms with Crippen LogP contribution in [0.1, 0.15) is 47.0 Å². The third kappa shape index (κ3) is 1.89. The minimum Gasteiger partial charge on any atom is -0.327 e. The van der Waals surface area contributed by atoms with Gasteiger partial charge in [0.05, 0.1) is 0 Å². The molecule has 2 bridgehead atoms. The van der Waals surface area contributed by atoms with Crippen LogP contribution in [0.4, 0.5) is 0 Å². The third-order valence-corrected chi connectivity index (χ3v) is 5.48. The molecule has 96 valence electrons. The maximum atomic E-state index is 5.82. The van der Waals surface area contributed by atoms with Gasteiger partial charge in [-0.05, 0) is 42.9 Å². The van der Waals surface area contributed by atoms with Crippen molar-refractivity contribution in [1.82, 2.24) is 5.32 Å². The van der Waals surface area contributed by atoms with E-state index in [1.165, 1.54) is 19.3 Å². The predicted octanol–water partition coefficient (Wildman–Crippen LogP) is 2.56. The molecule has 0 radical (unpaired) electrons. The molecule has 3 heteroatoms. The second-order valence-electron chi connectivity index (χ2n) is 6.55. The SMILES string of the molecule is CC(N)CNC1CC2CCC1(C)C2(C)C.Cl. The lowest BCUT2D eigenvalue weighted by atomic mass is 9.69. The number of halogens is 1. The van der Waals surface area contributed by atoms with E-state index in [9.17, 15) is 0 Å². The van der Waals surface area contributed by atoms with Gasteiger partial charge in [0.25, 0.3) is 0 Å². The van der Waals surface area contributed by atoms with E-state index in [-0.39, 0.29) is 18.4 Å². The van der Waals surface area contributed by atoms with Crippen molar-refractivity contribution in [2.75, 3.05) is 6.54 Å². The van der Waals surface area contributed by atoms with Crippen LogP contribution in [-0.4, -0.2) is 18.6 Å². The zero-order valence-corrected chi connectivity index (χ0v) is 11.9. The second kappa shape index (κ2) is 4.47. The normalized spacial score (nSPS) is 41.8. The Morgan fingerprint density at radius 2 is 2.00 bits per heavy atom. The van der Waals surface area contributed by atoms with Crippen LogP contribution in [0.3, 0.4) is 0 Å². The molecule has 2 aliphatic rings. The molecule has 0 aromatic carbocycles. The van der Waals surface area contributed by atoms with Crippen LogP contribution in [0, 0.1) is 16.7 Å². The predicted molar refractivity (Wildman–Crippen MR) is 71.9 cm³/mol. The van der Waals surface area contributed by atoms with Crippen molar-refractivity contribution in [3.8, 4) is 0 Å². The average molecular weight is 247 g/mol. The van der Waals surface area contributed by atoms with Gasteiger partial charge in [0, 0.05) is 18.6 Å². The molecular weight excluding hydrogens is 220 g/mol. The Kier molecular flexibility index (Phi) is 3.99. The topological polar surface area (TPSA) is 38.0 Å². The minimum absolute atomic E-state index is 0. The molecule has 0 aromatic heterocycles. The van der Waals surface area contributed by atoms with Gasteiger partial charge in [-0.15, -0.1) is 12.4 Å². The first-order valence-corrected chi connectivity index (χ1v) is 6.37. The molecule has 0 spiro atoms. The Balaban J connectivity index is 0.00000128. The molecule has 2 nitrogen and oxygen atoms in total. The fourth-order valence-electron chi connectivity index (χ4n) is 3.84. The third-order valence-electron chi connectivity index (χ3n) is 5.48. The van der Waals surface area contributed by atoms with Gasteiger partial charge in [0.1, 0.15) is 0 Å². The Bertz CT molecular complexity index is 252. The first-order valence-electron chi connectivity index (χ1n) is 6.37. The summed E-state index contributed by atoms with van der Waals surface area (Å²) in [7, 11) is 0. The van der Waals surface area contributed by atoms with Crippen LogP contribution in [0.5, 0.6) is 0 Å². The molecule has 0 saturated heterocycles. The maximum absolute atomic E-state index is 5.82. The molecule has 2 fully saturated rings. The molecule has 16 heavy (non-hydrogen) atoms. The van der Waals surface area contributed by atoms with E-state index in [0.29, 0.717) is 16.9 Å². The Morgan fingerprint density at radius 1 is 1.38 bits per heavy atom. The molecular formula is C13H27ClN2. The van der Waals surface area contributed by atoms with Crippen molar-refractivity contribution >= 4 is 12.4 Å². The standard InChI is InChI=1S/C13H26N2.ClH/c1-9(14)8-15-11-7-10-5-6-13(11,4)12(10,2)3;/h9-11,15H,5-8,14H2,1-4H3;1H. The van der Waals surface area contributed by atoms with E-state index >= 15 is 0 Å². The van der Waals surface area contributed by atoms with Gasteiger partial charge in [-0.25, -0.2) is 0 Å². The van der Waals surface area contributed by atoms with Crippen LogP contribution in [0.25, 0.3) is 0 Å². The molecule has 2 aliphatic carbocycles. The lowest BCUT2D eigenvalue weighted by Crippen LogP contribution is -2.47. The largest absolute Gasteiger partial charge is 0.327 e. The maximum Gasteiger partial charge on any atom is 0.0136 e. The summed E-state index contributed by atoms with van der Waals surface area (Å²) < 4.78 is 0. The highest BCUT2D eigenvalue weighted by Gasteiger charge is 2.60. The highest BCUT2D eigenvalue weighted by Crippen LogP contribution is 2.65. The van der Waals surface area contributed by atoms with Gasteiger partial charge in [0.15, 0.2) is 0 Å². The molecule has 0 amide bonds. The van der Waals surface area contributed by atoms with Gasteiger partial charge in [-0.1, -0.05) is 20.8 Å². The number of rotatable bonds is 3. The molecule has 4 unspecified atom stereocenters. The smallest absolute Gasteiger partial charge is 0.0136 e. The fourth-order valence-corrected chi connectivity index (χ4v) is 3.84. The van der Waals surface area contributed by atoms with Crippen LogP contribution in [0.15, 0.2) is 0 Å². The van der Waals surface area contributed by atoms with Crippen molar-refractivity contribution in [2.24, 2.45) is 22.5 Å². The molecule has 0 aromatic rings. The van der Waals surface area contributed by atoms with Crippen molar-refractivity contribution < 1.29 is 0 Å². The molecule has 2 saturated carbocycles. The fraction of sp³-hybridized carbons (Fsp3) is 1.00. The van der Waals surface area contributed by atoms with E-state index in [4.69, 9.17) is 5.73 Å². The van der Waals surface area contributed by atoms with Crippen molar-refractivity contribution in [1.29, 1.82) is 0 Å². The number of hydrogen-bond acceptors (Lipinski definition) is 2. The van der Waals surface area contributed by atoms with E-state index in [1.54, 1.807) is 0 Å². The summed E-state index contributed by atoms with van der Waals surface area (Å²) in [6.45, 7) is 10.4. The Hall–Kier alpha value is 0.210. The van der Waals surface area contributed by atoms with E-state index in [2.05, 4.69) is 33.0 Å². The quantitative estimate of drug-likeness (QED) is 0.803. The van der Waals surface area contributed by atoms with Crippen LogP contribution in [-0.2, 0) is 0 Å². The first-order chi connectivity index (χ1) is 6.88. The molecule has 0 heterocycles. The highest BCUT2D eigenvalue weighted by molar-refractivity contribution is 5.85. The minimum atomic E-state index is 0. The number of hydrogen-bond donors (Lipinski definition) is 2. The summed E-state index contributed by atoms with van der Waals surface area (Å²) in [5.41, 5.74) is 6.83. The average Bonchev–Trinajstić information content (AvgIpc) is 2.46. The Labute approximate surface area is 106 Å². The molecule has 2 rings (SSSR count). The van der Waals surface area contributed by atoms with E-state index < -0.39 is 0 Å². The van der Waals surface area contributed by atoms with Gasteiger partial charge >= 0.3 is 0 Å². The summed E-state index contributed by atoms with van der Waals surface area (Å²) in [5, 5.41) is 3.68. The molecule has 4 atom stereocenters. The van der Waals surface area contributed by atoms with E-state index in [0.717, 1.165) is 12.5 Å². The zero-order valence-electron chi connectivity index (χ0n) is 11.0. The van der Waals surface area contributed by atoms with Gasteiger partial charge in [-0.2, -0.15) is 0 Å². The lowest BCUT2D eigenvalue weighted by molar-refractivity contribution is 0.121. The summed E-state index contributed by atoms with van der Waals surface area (Å²) in [5.74, 6) is 0.924. The molecule has 3 N–H and O–H groups in total. The van der Waals surface area contributed by atoms with Gasteiger partial charge in [-0.3, -0.25) is 0 Å². The summed E-state index contributed by atoms with van der Waals surface area (Å²) in [6, 6.07) is 0.966. The highest BCUT2D eigenvalue weighted by atomic mass is 35.5. The second-order valence-corrected chi connectivity index (χ2v) is 6.55. The van der Waals surface area contributed by atoms with Crippen molar-refractivity contribution in [3.05, 3.63) is 0 Å². The van der Waals surface area contributed by atoms with Crippen molar-refractivity contribution in [2.45, 2.75) is 59.0 Å². The summed E-state index contributed by atoms with van der Waals surface area (Å²) in [4.78, 5) is 0. The summed E-state index contributed by atoms with van der Waals surface area (Å²) >= 11 is 0. The van der Waals surface area contributed by atoms with Crippen LogP contribution >= 0.6 is 12.4 Å². The number of nitrogens with one attached hydrogen (secondary N) is 1. The number of fused-ring (bicyclic) bond motifs is 2. The summed E-state index contributed by atoms with van der Waals surface area (Å²) in [6.07, 6.45) is 4.18. The van der Waals surface area contributed by atoms with Gasteiger partial charge in [0.2, 0.25) is 0 Å². The Morgan fingerprint density at radius 3 is 2.38 bits per heavy atom.